The van der Waals surface area contributed by atoms with Gasteiger partial charge in [-0.15, -0.1) is 10.2 Å². The zero-order valence-electron chi connectivity index (χ0n) is 9.90. The molecule has 86 valence electrons. The fraction of sp³-hybridized carbons (Fsp3) is 0.900. The van der Waals surface area contributed by atoms with Gasteiger partial charge in [0.1, 0.15) is 0 Å². The van der Waals surface area contributed by atoms with Gasteiger partial charge in [0.25, 0.3) is 0 Å². The largest absolute Gasteiger partial charge is 0.325 e. The number of hydrogen-bond acceptors (Lipinski definition) is 4. The lowest BCUT2D eigenvalue weighted by atomic mass is 9.87. The summed E-state index contributed by atoms with van der Waals surface area (Å²) in [5, 5.41) is 12.0. The van der Waals surface area contributed by atoms with E-state index in [1.54, 1.807) is 7.05 Å². The molecule has 1 atom stereocenters. The summed E-state index contributed by atoms with van der Waals surface area (Å²) >= 11 is 0. The summed E-state index contributed by atoms with van der Waals surface area (Å²) in [5.41, 5.74) is 6.14. The van der Waals surface area contributed by atoms with Crippen molar-refractivity contribution in [2.45, 2.75) is 51.5 Å². The molecule has 1 aromatic heterocycles. The Morgan fingerprint density at radius 1 is 1.40 bits per heavy atom. The molecule has 0 spiro atoms. The van der Waals surface area contributed by atoms with Crippen molar-refractivity contribution in [2.75, 3.05) is 0 Å². The molecular weight excluding hydrogens is 190 g/mol. The molecule has 1 rings (SSSR count). The summed E-state index contributed by atoms with van der Waals surface area (Å²) in [7, 11) is 1.77. The van der Waals surface area contributed by atoms with Gasteiger partial charge in [0.2, 0.25) is 0 Å². The molecule has 5 nitrogen and oxygen atoms in total. The minimum atomic E-state index is -0.168. The number of hydrogen-bond donors (Lipinski definition) is 1. The van der Waals surface area contributed by atoms with Gasteiger partial charge in [-0.05, 0) is 18.1 Å². The minimum Gasteiger partial charge on any atom is -0.325 e. The normalized spacial score (nSPS) is 15.2. The van der Waals surface area contributed by atoms with Crippen molar-refractivity contribution < 1.29 is 0 Å². The van der Waals surface area contributed by atoms with Crippen LogP contribution < -0.4 is 5.73 Å². The van der Waals surface area contributed by atoms with Crippen LogP contribution in [0.5, 0.6) is 0 Å². The molecule has 0 fully saturated rings. The zero-order valence-corrected chi connectivity index (χ0v) is 9.90. The molecule has 1 aromatic rings. The summed E-state index contributed by atoms with van der Waals surface area (Å²) in [4.78, 5) is 1.48. The second-order valence-corrected chi connectivity index (χ2v) is 4.19. The van der Waals surface area contributed by atoms with Crippen LogP contribution in [0.25, 0.3) is 0 Å². The summed E-state index contributed by atoms with van der Waals surface area (Å²) in [6.07, 6.45) is 5.03. The summed E-state index contributed by atoms with van der Waals surface area (Å²) in [6.45, 7) is 4.29. The van der Waals surface area contributed by atoms with Crippen LogP contribution >= 0.6 is 0 Å². The van der Waals surface area contributed by atoms with E-state index in [9.17, 15) is 0 Å². The Kier molecular flexibility index (Phi) is 4.20. The predicted octanol–water partition coefficient (Wildman–Crippen LogP) is 1.05. The fourth-order valence-corrected chi connectivity index (χ4v) is 1.63. The first-order chi connectivity index (χ1) is 7.09. The van der Waals surface area contributed by atoms with Gasteiger partial charge in [-0.3, -0.25) is 0 Å². The standard InChI is InChI=1S/C10H21N5/c1-4-6-7-10(11,5-2)8-9-12-14-15(3)13-9/h4-8,11H2,1-3H3. The molecule has 0 aliphatic rings. The molecule has 5 heteroatoms. The van der Waals surface area contributed by atoms with Crippen LogP contribution in [0.1, 0.15) is 45.4 Å². The number of nitrogens with zero attached hydrogens (tertiary/aromatic N) is 4. The third kappa shape index (κ3) is 3.58. The monoisotopic (exact) mass is 211 g/mol. The maximum absolute atomic E-state index is 6.31. The molecule has 2 N–H and O–H groups in total. The van der Waals surface area contributed by atoms with Gasteiger partial charge >= 0.3 is 0 Å². The van der Waals surface area contributed by atoms with Crippen molar-refractivity contribution in [2.24, 2.45) is 12.8 Å². The quantitative estimate of drug-likeness (QED) is 0.763. The van der Waals surface area contributed by atoms with Crippen LogP contribution in [-0.4, -0.2) is 25.7 Å². The highest BCUT2D eigenvalue weighted by Gasteiger charge is 2.24. The third-order valence-corrected chi connectivity index (χ3v) is 2.79. The molecule has 0 aliphatic carbocycles. The van der Waals surface area contributed by atoms with Gasteiger partial charge in [-0.25, -0.2) is 0 Å². The first kappa shape index (κ1) is 12.1. The molecular formula is C10H21N5. The summed E-state index contributed by atoms with van der Waals surface area (Å²) in [6, 6.07) is 0. The van der Waals surface area contributed by atoms with Crippen molar-refractivity contribution in [3.8, 4) is 0 Å². The molecule has 0 saturated carbocycles. The van der Waals surface area contributed by atoms with Gasteiger partial charge in [-0.2, -0.15) is 4.80 Å². The third-order valence-electron chi connectivity index (χ3n) is 2.79. The lowest BCUT2D eigenvalue weighted by Gasteiger charge is -2.26. The van der Waals surface area contributed by atoms with Crippen molar-refractivity contribution >= 4 is 0 Å². The van der Waals surface area contributed by atoms with Crippen LogP contribution in [0.2, 0.25) is 0 Å². The van der Waals surface area contributed by atoms with Gasteiger partial charge in [0.15, 0.2) is 5.82 Å². The molecule has 0 radical (unpaired) electrons. The Hall–Kier alpha value is -0.970. The average molecular weight is 211 g/mol. The van der Waals surface area contributed by atoms with E-state index in [-0.39, 0.29) is 5.54 Å². The van der Waals surface area contributed by atoms with E-state index in [0.717, 1.165) is 31.5 Å². The SMILES string of the molecule is CCCCC(N)(CC)Cc1nnn(C)n1. The van der Waals surface area contributed by atoms with E-state index >= 15 is 0 Å². The number of aryl methyl sites for hydroxylation is 1. The van der Waals surface area contributed by atoms with Crippen molar-refractivity contribution in [1.82, 2.24) is 20.2 Å². The fourth-order valence-electron chi connectivity index (χ4n) is 1.63. The topological polar surface area (TPSA) is 69.6 Å². The maximum Gasteiger partial charge on any atom is 0.176 e. The van der Waals surface area contributed by atoms with Crippen molar-refractivity contribution in [3.05, 3.63) is 5.82 Å². The average Bonchev–Trinajstić information content (AvgIpc) is 2.61. The molecule has 0 bridgehead atoms. The van der Waals surface area contributed by atoms with Crippen LogP contribution in [0, 0.1) is 0 Å². The Labute approximate surface area is 91.0 Å². The second kappa shape index (κ2) is 5.21. The molecule has 1 heterocycles. The number of unbranched alkanes of at least 4 members (excludes halogenated alkanes) is 1. The van der Waals surface area contributed by atoms with Crippen LogP contribution in [-0.2, 0) is 13.5 Å². The predicted molar refractivity (Wildman–Crippen MR) is 59.2 cm³/mol. The Bertz CT molecular complexity index is 296. The maximum atomic E-state index is 6.31. The number of tetrazole rings is 1. The minimum absolute atomic E-state index is 0.168. The summed E-state index contributed by atoms with van der Waals surface area (Å²) in [5.74, 6) is 0.748. The van der Waals surface area contributed by atoms with Crippen LogP contribution in [0.15, 0.2) is 0 Å². The number of nitrogens with two attached hydrogens (primary N) is 1. The first-order valence-corrected chi connectivity index (χ1v) is 5.61. The molecule has 1 unspecified atom stereocenters. The second-order valence-electron chi connectivity index (χ2n) is 4.19. The molecule has 15 heavy (non-hydrogen) atoms. The van der Waals surface area contributed by atoms with Crippen LogP contribution in [0.4, 0.5) is 0 Å². The summed E-state index contributed by atoms with van der Waals surface area (Å²) < 4.78 is 0. The highest BCUT2D eigenvalue weighted by atomic mass is 15.6. The van der Waals surface area contributed by atoms with E-state index in [0.29, 0.717) is 0 Å². The van der Waals surface area contributed by atoms with Crippen molar-refractivity contribution in [3.63, 3.8) is 0 Å². The Morgan fingerprint density at radius 2 is 2.13 bits per heavy atom. The highest BCUT2D eigenvalue weighted by molar-refractivity contribution is 4.93. The molecule has 0 saturated heterocycles. The zero-order chi connectivity index (χ0) is 11.3. The van der Waals surface area contributed by atoms with Crippen molar-refractivity contribution in [1.29, 1.82) is 0 Å². The molecule has 0 amide bonds. The Morgan fingerprint density at radius 3 is 2.60 bits per heavy atom. The van der Waals surface area contributed by atoms with E-state index in [1.807, 2.05) is 0 Å². The van der Waals surface area contributed by atoms with Gasteiger partial charge < -0.3 is 5.73 Å². The van der Waals surface area contributed by atoms with Gasteiger partial charge in [0, 0.05) is 12.0 Å². The molecule has 0 aromatic carbocycles. The van der Waals surface area contributed by atoms with E-state index in [2.05, 4.69) is 29.3 Å². The van der Waals surface area contributed by atoms with E-state index in [4.69, 9.17) is 5.73 Å². The van der Waals surface area contributed by atoms with Gasteiger partial charge in [-0.1, -0.05) is 26.7 Å². The molecule has 0 aliphatic heterocycles. The first-order valence-electron chi connectivity index (χ1n) is 5.61. The lowest BCUT2D eigenvalue weighted by Crippen LogP contribution is -2.41. The number of rotatable bonds is 6. The smallest absolute Gasteiger partial charge is 0.176 e. The van der Waals surface area contributed by atoms with Crippen LogP contribution in [0.3, 0.4) is 0 Å². The van der Waals surface area contributed by atoms with E-state index < -0.39 is 0 Å². The van der Waals surface area contributed by atoms with E-state index in [1.165, 1.54) is 11.2 Å². The lowest BCUT2D eigenvalue weighted by molar-refractivity contribution is 0.358. The number of aromatic nitrogens is 4. The van der Waals surface area contributed by atoms with Gasteiger partial charge in [0.05, 0.1) is 7.05 Å². The Balaban J connectivity index is 2.59. The highest BCUT2D eigenvalue weighted by Crippen LogP contribution is 2.19.